The van der Waals surface area contributed by atoms with E-state index in [4.69, 9.17) is 9.47 Å². The second-order valence-electron chi connectivity index (χ2n) is 12.7. The van der Waals surface area contributed by atoms with E-state index in [1.54, 1.807) is 22.8 Å². The molecule has 1 N–H and O–H groups in total. The molecule has 0 bridgehead atoms. The average Bonchev–Trinajstić information content (AvgIpc) is 3.70. The molecule has 4 aromatic rings. The van der Waals surface area contributed by atoms with Gasteiger partial charge in [0.25, 0.3) is 11.6 Å². The number of hydrogen-bond acceptors (Lipinski definition) is 8. The largest absolute Gasteiger partial charge is 0.497 e. The summed E-state index contributed by atoms with van der Waals surface area (Å²) < 4.78 is 14.3. The molecule has 12 heteroatoms. The van der Waals surface area contributed by atoms with Crippen molar-refractivity contribution in [1.82, 2.24) is 15.0 Å². The number of nitro benzene ring substituents is 1. The van der Waals surface area contributed by atoms with Crippen LogP contribution < -0.4 is 14.8 Å². The topological polar surface area (TPSA) is 133 Å². The van der Waals surface area contributed by atoms with Gasteiger partial charge in [0.15, 0.2) is 5.60 Å². The number of aliphatic hydroxyl groups is 1. The first-order valence-corrected chi connectivity index (χ1v) is 18.6. The Morgan fingerprint density at radius 3 is 2.52 bits per heavy atom. The second-order valence-corrected chi connectivity index (χ2v) is 17.4. The summed E-state index contributed by atoms with van der Waals surface area (Å²) in [7, 11) is -0.751. The van der Waals surface area contributed by atoms with E-state index in [2.05, 4.69) is 42.5 Å². The van der Waals surface area contributed by atoms with Crippen molar-refractivity contribution in [2.75, 3.05) is 18.6 Å². The van der Waals surface area contributed by atoms with Crippen LogP contribution in [0.25, 0.3) is 0 Å². The molecule has 0 aliphatic carbocycles. The van der Waals surface area contributed by atoms with Crippen LogP contribution in [-0.4, -0.2) is 58.8 Å². The minimum Gasteiger partial charge on any atom is -0.497 e. The van der Waals surface area contributed by atoms with Crippen LogP contribution in [0.15, 0.2) is 79.0 Å². The van der Waals surface area contributed by atoms with Crippen LogP contribution in [0.4, 0.5) is 11.4 Å². The van der Waals surface area contributed by atoms with E-state index in [1.165, 1.54) is 17.3 Å². The SMILES string of the molecule is COc1ccc([Si](C)(C)[C@@H]2[C@@H](CCn3cc(CCO)nn3)O[C@]3(C(=O)N(Cc4ccccc4)c4ccc([N+](=O)[O-])cc43)[C@H]2C)cc1. The maximum atomic E-state index is 14.8. The number of aryl methyl sites for hydroxylation is 1. The number of benzene rings is 3. The smallest absolute Gasteiger partial charge is 0.269 e. The lowest BCUT2D eigenvalue weighted by Crippen LogP contribution is -2.51. The molecule has 2 aliphatic rings. The minimum atomic E-state index is -2.39. The van der Waals surface area contributed by atoms with E-state index in [0.717, 1.165) is 11.3 Å². The van der Waals surface area contributed by atoms with Crippen molar-refractivity contribution in [2.24, 2.45) is 5.92 Å². The van der Waals surface area contributed by atoms with Crippen molar-refractivity contribution in [3.8, 4) is 5.75 Å². The predicted molar refractivity (Wildman–Crippen MR) is 176 cm³/mol. The fraction of sp³-hybridized carbons (Fsp3) is 0.382. The van der Waals surface area contributed by atoms with Gasteiger partial charge in [-0.2, -0.15) is 0 Å². The van der Waals surface area contributed by atoms with E-state index >= 15 is 0 Å². The summed E-state index contributed by atoms with van der Waals surface area (Å²) in [6, 6.07) is 22.6. The normalized spacial score (nSPS) is 22.4. The minimum absolute atomic E-state index is 0.0126. The van der Waals surface area contributed by atoms with Crippen molar-refractivity contribution >= 4 is 30.5 Å². The summed E-state index contributed by atoms with van der Waals surface area (Å²) in [4.78, 5) is 28.2. The molecule has 46 heavy (non-hydrogen) atoms. The molecule has 1 aromatic heterocycles. The zero-order valence-corrected chi connectivity index (χ0v) is 27.5. The Labute approximate surface area is 268 Å². The first kappa shape index (κ1) is 31.6. The highest BCUT2D eigenvalue weighted by Gasteiger charge is 2.66. The molecule has 240 valence electrons. The Bertz CT molecular complexity index is 1730. The molecule has 1 amide bonds. The Hall–Kier alpha value is -4.39. The van der Waals surface area contributed by atoms with Gasteiger partial charge in [-0.25, -0.2) is 0 Å². The molecule has 3 heterocycles. The molecule has 6 rings (SSSR count). The van der Waals surface area contributed by atoms with Crippen LogP contribution in [-0.2, 0) is 34.6 Å². The lowest BCUT2D eigenvalue weighted by atomic mass is 9.82. The third kappa shape index (κ3) is 5.39. The van der Waals surface area contributed by atoms with Crippen molar-refractivity contribution in [3.63, 3.8) is 0 Å². The molecule has 2 aliphatic heterocycles. The molecular weight excluding hydrogens is 602 g/mol. The summed E-state index contributed by atoms with van der Waals surface area (Å²) >= 11 is 0. The quantitative estimate of drug-likeness (QED) is 0.143. The summed E-state index contributed by atoms with van der Waals surface area (Å²) in [5.41, 5.74) is 1.34. The number of rotatable bonds is 11. The van der Waals surface area contributed by atoms with E-state index in [0.29, 0.717) is 42.9 Å². The first-order chi connectivity index (χ1) is 22.1. The van der Waals surface area contributed by atoms with Crippen molar-refractivity contribution in [1.29, 1.82) is 0 Å². The van der Waals surface area contributed by atoms with Gasteiger partial charge in [0, 0.05) is 49.4 Å². The molecule has 0 saturated carbocycles. The van der Waals surface area contributed by atoms with Crippen LogP contribution in [0, 0.1) is 16.0 Å². The maximum Gasteiger partial charge on any atom is 0.269 e. The van der Waals surface area contributed by atoms with E-state index in [1.807, 2.05) is 48.7 Å². The van der Waals surface area contributed by atoms with Gasteiger partial charge in [-0.1, -0.05) is 72.9 Å². The van der Waals surface area contributed by atoms with Crippen molar-refractivity contribution < 1.29 is 24.3 Å². The van der Waals surface area contributed by atoms with Crippen molar-refractivity contribution in [2.45, 2.75) is 63.2 Å². The van der Waals surface area contributed by atoms with Crippen LogP contribution in [0.2, 0.25) is 18.6 Å². The Morgan fingerprint density at radius 1 is 1.11 bits per heavy atom. The number of anilines is 1. The number of fused-ring (bicyclic) bond motifs is 2. The van der Waals surface area contributed by atoms with Gasteiger partial charge in [-0.3, -0.25) is 19.6 Å². The van der Waals surface area contributed by atoms with Gasteiger partial charge < -0.3 is 19.5 Å². The zero-order chi connectivity index (χ0) is 32.6. The number of nitro groups is 1. The number of hydrogen-bond donors (Lipinski definition) is 1. The predicted octanol–water partition coefficient (Wildman–Crippen LogP) is 4.58. The third-order valence-corrected chi connectivity index (χ3v) is 14.2. The maximum absolute atomic E-state index is 14.8. The summed E-state index contributed by atoms with van der Waals surface area (Å²) in [5.74, 6) is 0.277. The van der Waals surface area contributed by atoms with Crippen molar-refractivity contribution in [3.05, 3.63) is 106 Å². The van der Waals surface area contributed by atoms with E-state index in [9.17, 15) is 20.0 Å². The first-order valence-electron chi connectivity index (χ1n) is 15.6. The number of methoxy groups -OCH3 is 1. The monoisotopic (exact) mass is 641 g/mol. The fourth-order valence-electron chi connectivity index (χ4n) is 7.54. The Morgan fingerprint density at radius 2 is 1.85 bits per heavy atom. The number of nitrogens with zero attached hydrogens (tertiary/aromatic N) is 5. The molecule has 1 spiro atoms. The van der Waals surface area contributed by atoms with Gasteiger partial charge >= 0.3 is 0 Å². The summed E-state index contributed by atoms with van der Waals surface area (Å²) in [5, 5.41) is 31.0. The number of non-ortho nitro benzene ring substituents is 1. The number of amides is 1. The van der Waals surface area contributed by atoms with Gasteiger partial charge in [-0.05, 0) is 35.7 Å². The lowest BCUT2D eigenvalue weighted by Gasteiger charge is -2.37. The van der Waals surface area contributed by atoms with Crippen LogP contribution in [0.1, 0.15) is 30.2 Å². The zero-order valence-electron chi connectivity index (χ0n) is 26.5. The van der Waals surface area contributed by atoms with Crippen LogP contribution in [0.3, 0.4) is 0 Å². The van der Waals surface area contributed by atoms with Gasteiger partial charge in [0.05, 0.1) is 44.1 Å². The second kappa shape index (κ2) is 12.4. The third-order valence-electron chi connectivity index (χ3n) is 9.81. The Balaban J connectivity index is 1.45. The molecule has 0 radical (unpaired) electrons. The van der Waals surface area contributed by atoms with Gasteiger partial charge in [0.1, 0.15) is 5.75 Å². The highest BCUT2D eigenvalue weighted by atomic mass is 28.3. The van der Waals surface area contributed by atoms with E-state index < -0.39 is 18.6 Å². The molecule has 3 aromatic carbocycles. The average molecular weight is 642 g/mol. The summed E-state index contributed by atoms with van der Waals surface area (Å²) in [6.45, 7) is 7.49. The number of carbonyl (C=O) groups is 1. The molecule has 1 saturated heterocycles. The van der Waals surface area contributed by atoms with Gasteiger partial charge in [0.2, 0.25) is 0 Å². The number of aromatic nitrogens is 3. The Kier molecular flexibility index (Phi) is 8.53. The lowest BCUT2D eigenvalue weighted by molar-refractivity contribution is -0.385. The standard InChI is InChI=1S/C34H39N5O6Si/c1-23-32(46(3,4)28-13-11-27(44-2)12-14-28)31(16-18-37-22-25(17-19-40)35-36-37)45-34(23)29-20-26(39(42)43)10-15-30(29)38(33(34)41)21-24-8-6-5-7-9-24/h5-15,20,22-23,31-32,40H,16-19,21H2,1-4H3/t23-,31+,32-,34+/m0/s1. The summed E-state index contributed by atoms with van der Waals surface area (Å²) in [6.07, 6.45) is 2.45. The fourth-order valence-corrected chi connectivity index (χ4v) is 11.6. The highest BCUT2D eigenvalue weighted by molar-refractivity contribution is 6.91. The molecular formula is C34H39N5O6Si. The van der Waals surface area contributed by atoms with Crippen LogP contribution in [0.5, 0.6) is 5.75 Å². The number of aliphatic hydroxyl groups excluding tert-OH is 1. The number of carbonyl (C=O) groups excluding carboxylic acids is 1. The molecule has 0 unspecified atom stereocenters. The number of ether oxygens (including phenoxy) is 2. The van der Waals surface area contributed by atoms with Gasteiger partial charge in [-0.15, -0.1) is 5.10 Å². The van der Waals surface area contributed by atoms with E-state index in [-0.39, 0.29) is 35.8 Å². The molecule has 4 atom stereocenters. The van der Waals surface area contributed by atoms with Crippen LogP contribution >= 0.6 is 0 Å². The molecule has 1 fully saturated rings. The highest BCUT2D eigenvalue weighted by Crippen LogP contribution is 2.60. The molecule has 11 nitrogen and oxygen atoms in total.